The van der Waals surface area contributed by atoms with Crippen LogP contribution in [0.15, 0.2) is 18.2 Å². The number of hydrogen-bond donors (Lipinski definition) is 1. The Kier molecular flexibility index (Phi) is 5.42. The first-order chi connectivity index (χ1) is 8.00. The van der Waals surface area contributed by atoms with Crippen molar-refractivity contribution in [2.75, 3.05) is 6.61 Å². The maximum Gasteiger partial charge on any atom is 0.124 e. The van der Waals surface area contributed by atoms with E-state index in [-0.39, 0.29) is 11.9 Å². The highest BCUT2D eigenvalue weighted by atomic mass is 19.1. The summed E-state index contributed by atoms with van der Waals surface area (Å²) in [6, 6.07) is 4.29. The molecule has 0 aliphatic heterocycles. The number of rotatable bonds is 6. The first-order valence-corrected chi connectivity index (χ1v) is 6.18. The molecular formula is C14H22FNO. The summed E-state index contributed by atoms with van der Waals surface area (Å²) in [4.78, 5) is 0. The Balaban J connectivity index is 2.58. The predicted molar refractivity (Wildman–Crippen MR) is 68.6 cm³/mol. The van der Waals surface area contributed by atoms with Crippen molar-refractivity contribution in [3.05, 3.63) is 29.6 Å². The fourth-order valence-electron chi connectivity index (χ4n) is 1.68. The number of hydrogen-bond acceptors (Lipinski definition) is 2. The van der Waals surface area contributed by atoms with Gasteiger partial charge in [0.2, 0.25) is 0 Å². The van der Waals surface area contributed by atoms with Crippen LogP contribution in [0.1, 0.15) is 45.2 Å². The van der Waals surface area contributed by atoms with Crippen molar-refractivity contribution < 1.29 is 9.13 Å². The molecule has 0 aliphatic rings. The molecular weight excluding hydrogens is 217 g/mol. The van der Waals surface area contributed by atoms with Crippen molar-refractivity contribution in [2.45, 2.75) is 39.7 Å². The SMILES string of the molecule is CC(C)CCCOc1ccc(F)cc1C(C)N. The van der Waals surface area contributed by atoms with E-state index in [9.17, 15) is 4.39 Å². The van der Waals surface area contributed by atoms with E-state index in [1.54, 1.807) is 6.07 Å². The van der Waals surface area contributed by atoms with Crippen LogP contribution in [0, 0.1) is 11.7 Å². The minimum Gasteiger partial charge on any atom is -0.493 e. The quantitative estimate of drug-likeness (QED) is 0.769. The molecule has 3 heteroatoms. The van der Waals surface area contributed by atoms with Crippen molar-refractivity contribution in [1.29, 1.82) is 0 Å². The molecule has 0 aliphatic carbocycles. The second-order valence-electron chi connectivity index (χ2n) is 4.86. The fraction of sp³-hybridized carbons (Fsp3) is 0.571. The number of nitrogens with two attached hydrogens (primary N) is 1. The van der Waals surface area contributed by atoms with Gasteiger partial charge < -0.3 is 10.5 Å². The summed E-state index contributed by atoms with van der Waals surface area (Å²) in [5, 5.41) is 0. The Morgan fingerprint density at radius 3 is 2.59 bits per heavy atom. The number of ether oxygens (including phenoxy) is 1. The van der Waals surface area contributed by atoms with E-state index < -0.39 is 0 Å². The molecule has 0 fully saturated rings. The van der Waals surface area contributed by atoms with Crippen LogP contribution < -0.4 is 10.5 Å². The van der Waals surface area contributed by atoms with Gasteiger partial charge in [-0.25, -0.2) is 4.39 Å². The van der Waals surface area contributed by atoms with E-state index in [1.807, 2.05) is 6.92 Å². The lowest BCUT2D eigenvalue weighted by atomic mass is 10.1. The van der Waals surface area contributed by atoms with Gasteiger partial charge in [0.05, 0.1) is 6.61 Å². The third kappa shape index (κ3) is 4.73. The summed E-state index contributed by atoms with van der Waals surface area (Å²) in [5.41, 5.74) is 6.52. The second kappa shape index (κ2) is 6.60. The maximum atomic E-state index is 13.1. The van der Waals surface area contributed by atoms with E-state index >= 15 is 0 Å². The van der Waals surface area contributed by atoms with Gasteiger partial charge in [0.25, 0.3) is 0 Å². The monoisotopic (exact) mass is 239 g/mol. The van der Waals surface area contributed by atoms with Gasteiger partial charge in [0, 0.05) is 11.6 Å². The Hall–Kier alpha value is -1.09. The number of halogens is 1. The first kappa shape index (κ1) is 14.0. The average molecular weight is 239 g/mol. The van der Waals surface area contributed by atoms with Crippen LogP contribution in [-0.4, -0.2) is 6.61 Å². The van der Waals surface area contributed by atoms with Gasteiger partial charge in [-0.3, -0.25) is 0 Å². The van der Waals surface area contributed by atoms with Crippen LogP contribution in [-0.2, 0) is 0 Å². The van der Waals surface area contributed by atoms with Gasteiger partial charge in [-0.1, -0.05) is 13.8 Å². The molecule has 0 saturated carbocycles. The highest BCUT2D eigenvalue weighted by Crippen LogP contribution is 2.25. The highest BCUT2D eigenvalue weighted by Gasteiger charge is 2.09. The Morgan fingerprint density at radius 2 is 2.00 bits per heavy atom. The van der Waals surface area contributed by atoms with Crippen molar-refractivity contribution in [2.24, 2.45) is 11.7 Å². The summed E-state index contributed by atoms with van der Waals surface area (Å²) in [7, 11) is 0. The van der Waals surface area contributed by atoms with E-state index in [4.69, 9.17) is 10.5 Å². The van der Waals surface area contributed by atoms with Crippen molar-refractivity contribution in [3.8, 4) is 5.75 Å². The largest absolute Gasteiger partial charge is 0.493 e. The lowest BCUT2D eigenvalue weighted by molar-refractivity contribution is 0.293. The molecule has 0 amide bonds. The van der Waals surface area contributed by atoms with Crippen LogP contribution in [0.2, 0.25) is 0 Å². The molecule has 0 bridgehead atoms. The lowest BCUT2D eigenvalue weighted by Gasteiger charge is -2.14. The van der Waals surface area contributed by atoms with Gasteiger partial charge in [0.1, 0.15) is 11.6 Å². The molecule has 0 aromatic heterocycles. The molecule has 1 aromatic carbocycles. The maximum absolute atomic E-state index is 13.1. The zero-order chi connectivity index (χ0) is 12.8. The molecule has 1 rings (SSSR count). The van der Waals surface area contributed by atoms with Crippen molar-refractivity contribution >= 4 is 0 Å². The van der Waals surface area contributed by atoms with Crippen LogP contribution in [0.25, 0.3) is 0 Å². The van der Waals surface area contributed by atoms with Crippen LogP contribution >= 0.6 is 0 Å². The standard InChI is InChI=1S/C14H22FNO/c1-10(2)5-4-8-17-14-7-6-12(15)9-13(14)11(3)16/h6-7,9-11H,4-5,8,16H2,1-3H3. The molecule has 2 N–H and O–H groups in total. The smallest absolute Gasteiger partial charge is 0.124 e. The molecule has 0 radical (unpaired) electrons. The zero-order valence-electron chi connectivity index (χ0n) is 10.9. The highest BCUT2D eigenvalue weighted by molar-refractivity contribution is 5.36. The van der Waals surface area contributed by atoms with E-state index in [2.05, 4.69) is 13.8 Å². The molecule has 17 heavy (non-hydrogen) atoms. The van der Waals surface area contributed by atoms with Gasteiger partial charge in [0.15, 0.2) is 0 Å². The minimum atomic E-state index is -0.271. The average Bonchev–Trinajstić information content (AvgIpc) is 2.25. The van der Waals surface area contributed by atoms with Gasteiger partial charge in [-0.05, 0) is 43.9 Å². The van der Waals surface area contributed by atoms with Gasteiger partial charge in [-0.2, -0.15) is 0 Å². The van der Waals surface area contributed by atoms with Crippen molar-refractivity contribution in [1.82, 2.24) is 0 Å². The summed E-state index contributed by atoms with van der Waals surface area (Å²) < 4.78 is 18.7. The summed E-state index contributed by atoms with van der Waals surface area (Å²) >= 11 is 0. The number of benzene rings is 1. The van der Waals surface area contributed by atoms with Gasteiger partial charge >= 0.3 is 0 Å². The molecule has 1 aromatic rings. The topological polar surface area (TPSA) is 35.2 Å². The van der Waals surface area contributed by atoms with Gasteiger partial charge in [-0.15, -0.1) is 0 Å². The molecule has 0 saturated heterocycles. The lowest BCUT2D eigenvalue weighted by Crippen LogP contribution is -2.09. The second-order valence-corrected chi connectivity index (χ2v) is 4.86. The third-order valence-electron chi connectivity index (χ3n) is 2.65. The molecule has 1 unspecified atom stereocenters. The van der Waals surface area contributed by atoms with E-state index in [0.717, 1.165) is 18.4 Å². The minimum absolute atomic E-state index is 0.217. The Bertz CT molecular complexity index is 350. The zero-order valence-corrected chi connectivity index (χ0v) is 10.9. The van der Waals surface area contributed by atoms with E-state index in [0.29, 0.717) is 18.3 Å². The predicted octanol–water partition coefficient (Wildman–Crippen LogP) is 3.66. The summed E-state index contributed by atoms with van der Waals surface area (Å²) in [6.07, 6.45) is 2.14. The van der Waals surface area contributed by atoms with Crippen molar-refractivity contribution in [3.63, 3.8) is 0 Å². The van der Waals surface area contributed by atoms with E-state index in [1.165, 1.54) is 12.1 Å². The van der Waals surface area contributed by atoms with Crippen LogP contribution in [0.4, 0.5) is 4.39 Å². The Labute approximate surface area is 103 Å². The van der Waals surface area contributed by atoms with Crippen LogP contribution in [0.3, 0.4) is 0 Å². The molecule has 1 atom stereocenters. The normalized spacial score (nSPS) is 12.8. The van der Waals surface area contributed by atoms with Crippen LogP contribution in [0.5, 0.6) is 5.75 Å². The first-order valence-electron chi connectivity index (χ1n) is 6.18. The molecule has 2 nitrogen and oxygen atoms in total. The third-order valence-corrected chi connectivity index (χ3v) is 2.65. The molecule has 0 heterocycles. The molecule has 0 spiro atoms. The Morgan fingerprint density at radius 1 is 1.29 bits per heavy atom. The molecule has 96 valence electrons. The summed E-state index contributed by atoms with van der Waals surface area (Å²) in [5.74, 6) is 1.11. The summed E-state index contributed by atoms with van der Waals surface area (Å²) in [6.45, 7) is 6.86. The fourth-order valence-corrected chi connectivity index (χ4v) is 1.68.